The van der Waals surface area contributed by atoms with Crippen molar-refractivity contribution in [3.63, 3.8) is 0 Å². The first kappa shape index (κ1) is 14.1. The van der Waals surface area contributed by atoms with Gasteiger partial charge >= 0.3 is 0 Å². The highest BCUT2D eigenvalue weighted by molar-refractivity contribution is 7.14. The number of carbonyl (C=O) groups excluding carboxylic acids is 1. The first-order valence-corrected chi connectivity index (χ1v) is 7.35. The van der Waals surface area contributed by atoms with Gasteiger partial charge < -0.3 is 4.74 Å². The maximum absolute atomic E-state index is 13.7. The summed E-state index contributed by atoms with van der Waals surface area (Å²) in [6.45, 7) is 0.585. The van der Waals surface area contributed by atoms with Crippen LogP contribution in [-0.2, 0) is 9.53 Å². The van der Waals surface area contributed by atoms with E-state index >= 15 is 0 Å². The molecule has 0 radical (unpaired) electrons. The summed E-state index contributed by atoms with van der Waals surface area (Å²) in [6, 6.07) is 3.30. The summed E-state index contributed by atoms with van der Waals surface area (Å²) in [4.78, 5) is 16.0. The Kier molecular flexibility index (Phi) is 3.94. The highest BCUT2D eigenvalue weighted by atomic mass is 32.1. The number of benzene rings is 1. The molecule has 1 fully saturated rings. The first-order valence-electron chi connectivity index (χ1n) is 6.47. The van der Waals surface area contributed by atoms with Gasteiger partial charge in [-0.1, -0.05) is 0 Å². The maximum atomic E-state index is 13.7. The standard InChI is InChI=1S/C14H12F2N2O2S/c15-8-3-4-9(10(16)6-8)11-7-21-14(17-11)18-13(19)12-2-1-5-20-12/h3-4,6-7,12H,1-2,5H2,(H,17,18,19). The Morgan fingerprint density at radius 2 is 2.29 bits per heavy atom. The molecule has 7 heteroatoms. The van der Waals surface area contributed by atoms with Crippen LogP contribution in [0.2, 0.25) is 0 Å². The average molecular weight is 310 g/mol. The molecular weight excluding hydrogens is 298 g/mol. The number of nitrogens with zero attached hydrogens (tertiary/aromatic N) is 1. The Labute approximate surface area is 123 Å². The minimum absolute atomic E-state index is 0.199. The lowest BCUT2D eigenvalue weighted by atomic mass is 10.1. The van der Waals surface area contributed by atoms with Crippen LogP contribution in [0.3, 0.4) is 0 Å². The van der Waals surface area contributed by atoms with E-state index in [1.807, 2.05) is 0 Å². The van der Waals surface area contributed by atoms with E-state index in [-0.39, 0.29) is 11.5 Å². The molecule has 1 aliphatic heterocycles. The molecule has 0 spiro atoms. The summed E-state index contributed by atoms with van der Waals surface area (Å²) >= 11 is 1.19. The summed E-state index contributed by atoms with van der Waals surface area (Å²) < 4.78 is 31.8. The van der Waals surface area contributed by atoms with Crippen molar-refractivity contribution in [2.45, 2.75) is 18.9 Å². The molecule has 1 aromatic heterocycles. The summed E-state index contributed by atoms with van der Waals surface area (Å²) in [6.07, 6.45) is 1.11. The topological polar surface area (TPSA) is 51.2 Å². The Hall–Kier alpha value is -1.86. The summed E-state index contributed by atoms with van der Waals surface area (Å²) in [7, 11) is 0. The van der Waals surface area contributed by atoms with E-state index in [4.69, 9.17) is 4.74 Å². The SMILES string of the molecule is O=C(Nc1nc(-c2ccc(F)cc2F)cs1)C1CCCO1. The number of halogens is 2. The van der Waals surface area contributed by atoms with Gasteiger partial charge in [-0.2, -0.15) is 0 Å². The van der Waals surface area contributed by atoms with E-state index in [9.17, 15) is 13.6 Å². The molecule has 1 aromatic carbocycles. The molecular formula is C14H12F2N2O2S. The van der Waals surface area contributed by atoms with Crippen LogP contribution in [0.25, 0.3) is 11.3 Å². The second-order valence-electron chi connectivity index (χ2n) is 4.65. The van der Waals surface area contributed by atoms with E-state index in [1.165, 1.54) is 23.5 Å². The third-order valence-corrected chi connectivity index (χ3v) is 3.92. The molecule has 2 heterocycles. The highest BCUT2D eigenvalue weighted by Crippen LogP contribution is 2.27. The third kappa shape index (κ3) is 3.08. The fourth-order valence-corrected chi connectivity index (χ4v) is 2.84. The van der Waals surface area contributed by atoms with Crippen LogP contribution in [-0.4, -0.2) is 23.6 Å². The average Bonchev–Trinajstić information content (AvgIpc) is 3.09. The summed E-state index contributed by atoms with van der Waals surface area (Å²) in [5.74, 6) is -1.57. The number of nitrogens with one attached hydrogen (secondary N) is 1. The molecule has 0 bridgehead atoms. The molecule has 21 heavy (non-hydrogen) atoms. The number of hydrogen-bond donors (Lipinski definition) is 1. The van der Waals surface area contributed by atoms with Crippen LogP contribution in [0.5, 0.6) is 0 Å². The fraction of sp³-hybridized carbons (Fsp3) is 0.286. The van der Waals surface area contributed by atoms with Crippen molar-refractivity contribution in [2.24, 2.45) is 0 Å². The molecule has 3 rings (SSSR count). The number of thiazole rings is 1. The van der Waals surface area contributed by atoms with Crippen LogP contribution >= 0.6 is 11.3 Å². The summed E-state index contributed by atoms with van der Waals surface area (Å²) in [5.41, 5.74) is 0.561. The van der Waals surface area contributed by atoms with Crippen LogP contribution < -0.4 is 5.32 Å². The van der Waals surface area contributed by atoms with Gasteiger partial charge in [0.15, 0.2) is 5.13 Å². The lowest BCUT2D eigenvalue weighted by molar-refractivity contribution is -0.124. The predicted octanol–water partition coefficient (Wildman–Crippen LogP) is 3.21. The van der Waals surface area contributed by atoms with E-state index in [0.717, 1.165) is 12.5 Å². The van der Waals surface area contributed by atoms with E-state index in [2.05, 4.69) is 10.3 Å². The maximum Gasteiger partial charge on any atom is 0.255 e. The molecule has 1 amide bonds. The molecule has 1 atom stereocenters. The van der Waals surface area contributed by atoms with Crippen molar-refractivity contribution in [3.8, 4) is 11.3 Å². The minimum Gasteiger partial charge on any atom is -0.368 e. The van der Waals surface area contributed by atoms with Gasteiger partial charge in [-0.25, -0.2) is 13.8 Å². The Balaban J connectivity index is 1.75. The Morgan fingerprint density at radius 3 is 3.00 bits per heavy atom. The van der Waals surface area contributed by atoms with Crippen molar-refractivity contribution in [1.29, 1.82) is 0 Å². The first-order chi connectivity index (χ1) is 10.1. The molecule has 1 aliphatic rings. The normalized spacial score (nSPS) is 17.9. The van der Waals surface area contributed by atoms with Crippen molar-refractivity contribution in [1.82, 2.24) is 4.98 Å². The minimum atomic E-state index is -0.683. The van der Waals surface area contributed by atoms with Crippen LogP contribution in [0.4, 0.5) is 13.9 Å². The van der Waals surface area contributed by atoms with Crippen LogP contribution in [0.15, 0.2) is 23.6 Å². The molecule has 0 aliphatic carbocycles. The predicted molar refractivity (Wildman–Crippen MR) is 75.1 cm³/mol. The molecule has 1 saturated heterocycles. The van der Waals surface area contributed by atoms with Gasteiger partial charge in [-0.3, -0.25) is 10.1 Å². The van der Waals surface area contributed by atoms with Gasteiger partial charge in [-0.05, 0) is 25.0 Å². The second-order valence-corrected chi connectivity index (χ2v) is 5.51. The van der Waals surface area contributed by atoms with Crippen molar-refractivity contribution >= 4 is 22.4 Å². The zero-order valence-corrected chi connectivity index (χ0v) is 11.8. The van der Waals surface area contributed by atoms with Gasteiger partial charge in [0.25, 0.3) is 5.91 Å². The molecule has 1 N–H and O–H groups in total. The highest BCUT2D eigenvalue weighted by Gasteiger charge is 2.24. The van der Waals surface area contributed by atoms with E-state index < -0.39 is 17.7 Å². The lowest BCUT2D eigenvalue weighted by Gasteiger charge is -2.07. The molecule has 1 unspecified atom stereocenters. The van der Waals surface area contributed by atoms with Crippen LogP contribution in [0.1, 0.15) is 12.8 Å². The van der Waals surface area contributed by atoms with Gasteiger partial charge in [-0.15, -0.1) is 11.3 Å². The lowest BCUT2D eigenvalue weighted by Crippen LogP contribution is -2.26. The quantitative estimate of drug-likeness (QED) is 0.947. The smallest absolute Gasteiger partial charge is 0.255 e. The largest absolute Gasteiger partial charge is 0.368 e. The van der Waals surface area contributed by atoms with E-state index in [0.29, 0.717) is 23.9 Å². The van der Waals surface area contributed by atoms with Gasteiger partial charge in [0.1, 0.15) is 17.7 Å². The van der Waals surface area contributed by atoms with Gasteiger partial charge in [0.05, 0.1) is 5.69 Å². The molecule has 110 valence electrons. The number of anilines is 1. The number of amides is 1. The van der Waals surface area contributed by atoms with E-state index in [1.54, 1.807) is 5.38 Å². The van der Waals surface area contributed by atoms with Gasteiger partial charge in [0, 0.05) is 23.6 Å². The monoisotopic (exact) mass is 310 g/mol. The Morgan fingerprint density at radius 1 is 1.43 bits per heavy atom. The molecule has 2 aromatic rings. The summed E-state index contributed by atoms with van der Waals surface area (Å²) in [5, 5.41) is 4.63. The zero-order valence-electron chi connectivity index (χ0n) is 10.9. The van der Waals surface area contributed by atoms with Crippen LogP contribution in [0, 0.1) is 11.6 Å². The Bertz CT molecular complexity index is 669. The number of rotatable bonds is 3. The molecule has 4 nitrogen and oxygen atoms in total. The number of aromatic nitrogens is 1. The zero-order chi connectivity index (χ0) is 14.8. The van der Waals surface area contributed by atoms with Crippen molar-refractivity contribution < 1.29 is 18.3 Å². The number of hydrogen-bond acceptors (Lipinski definition) is 4. The van der Waals surface area contributed by atoms with Crippen molar-refractivity contribution in [2.75, 3.05) is 11.9 Å². The number of carbonyl (C=O) groups is 1. The second kappa shape index (κ2) is 5.87. The van der Waals surface area contributed by atoms with Gasteiger partial charge in [0.2, 0.25) is 0 Å². The fourth-order valence-electron chi connectivity index (χ4n) is 2.12. The third-order valence-electron chi connectivity index (χ3n) is 3.16. The molecule has 0 saturated carbocycles. The number of ether oxygens (including phenoxy) is 1. The van der Waals surface area contributed by atoms with Crippen molar-refractivity contribution in [3.05, 3.63) is 35.2 Å².